The number of carbonyl (C=O) groups is 1. The molecule has 3 rings (SSSR count). The Labute approximate surface area is 192 Å². The zero-order chi connectivity index (χ0) is 23.3. The second-order valence-electron chi connectivity index (χ2n) is 7.28. The van der Waals surface area contributed by atoms with Gasteiger partial charge in [-0.05, 0) is 18.2 Å². The second kappa shape index (κ2) is 13.9. The minimum absolute atomic E-state index is 0.116. The van der Waals surface area contributed by atoms with Gasteiger partial charge in [-0.3, -0.25) is 4.90 Å². The molecule has 1 aliphatic heterocycles. The molecule has 0 unspecified atom stereocenters. The topological polar surface area (TPSA) is 106 Å². The van der Waals surface area contributed by atoms with Crippen LogP contribution in [0.25, 0.3) is 11.0 Å². The van der Waals surface area contributed by atoms with Crippen LogP contribution in [0.5, 0.6) is 5.75 Å². The van der Waals surface area contributed by atoms with Crippen LogP contribution in [-0.4, -0.2) is 97.1 Å². The van der Waals surface area contributed by atoms with Gasteiger partial charge in [-0.2, -0.15) is 0 Å². The predicted molar refractivity (Wildman–Crippen MR) is 119 cm³/mol. The molecule has 1 fully saturated rings. The number of rotatable bonds is 5. The second-order valence-corrected chi connectivity index (χ2v) is 7.28. The molecule has 0 amide bonds. The Bertz CT molecular complexity index is 914. The van der Waals surface area contributed by atoms with Gasteiger partial charge >= 0.3 is 11.6 Å². The molecule has 0 aliphatic carbocycles. The fourth-order valence-corrected chi connectivity index (χ4v) is 3.19. The standard InChI is InChI=1S/C23H31NO9/c1-27-19-3-2-18-16-20(23(26)33-21(18)17-19)22(25)32-9-6-24-4-7-28-10-12-30-14-15-31-13-11-29-8-5-24/h2-3,16-17H,4-15H2,1H3. The van der Waals surface area contributed by atoms with Gasteiger partial charge in [-0.1, -0.05) is 0 Å². The third-order valence-electron chi connectivity index (χ3n) is 5.02. The number of methoxy groups -OCH3 is 1. The quantitative estimate of drug-likeness (QED) is 0.474. The molecule has 10 nitrogen and oxygen atoms in total. The predicted octanol–water partition coefficient (Wildman–Crippen LogP) is 1.34. The SMILES string of the molecule is COc1ccc2cc(C(=O)OCCN3CCOCCOCCOCCOCC3)c(=O)oc2c1. The van der Waals surface area contributed by atoms with Crippen molar-refractivity contribution >= 4 is 16.9 Å². The molecule has 1 aromatic carbocycles. The van der Waals surface area contributed by atoms with Crippen LogP contribution < -0.4 is 10.4 Å². The minimum atomic E-state index is -0.749. The van der Waals surface area contributed by atoms with Gasteiger partial charge in [0, 0.05) is 31.1 Å². The normalized spacial score (nSPS) is 17.7. The van der Waals surface area contributed by atoms with Crippen molar-refractivity contribution in [2.45, 2.75) is 0 Å². The third-order valence-corrected chi connectivity index (χ3v) is 5.02. The summed E-state index contributed by atoms with van der Waals surface area (Å²) in [5.74, 6) is -0.164. The van der Waals surface area contributed by atoms with Crippen LogP contribution in [0.15, 0.2) is 33.5 Å². The van der Waals surface area contributed by atoms with Crippen LogP contribution in [0.1, 0.15) is 10.4 Å². The highest BCUT2D eigenvalue weighted by molar-refractivity contribution is 5.93. The number of benzene rings is 1. The summed E-state index contributed by atoms with van der Waals surface area (Å²) >= 11 is 0. The smallest absolute Gasteiger partial charge is 0.351 e. The van der Waals surface area contributed by atoms with Gasteiger partial charge < -0.3 is 32.8 Å². The summed E-state index contributed by atoms with van der Waals surface area (Å²) in [6, 6.07) is 6.50. The van der Waals surface area contributed by atoms with Crippen LogP contribution in [0.4, 0.5) is 0 Å². The van der Waals surface area contributed by atoms with E-state index in [0.29, 0.717) is 89.2 Å². The Kier molecular flexibility index (Phi) is 10.6. The lowest BCUT2D eigenvalue weighted by Gasteiger charge is -2.22. The maximum Gasteiger partial charge on any atom is 0.351 e. The van der Waals surface area contributed by atoms with Gasteiger partial charge in [0.2, 0.25) is 0 Å². The lowest BCUT2D eigenvalue weighted by atomic mass is 10.2. The van der Waals surface area contributed by atoms with E-state index in [-0.39, 0.29) is 12.2 Å². The van der Waals surface area contributed by atoms with E-state index in [4.69, 9.17) is 32.8 Å². The third kappa shape index (κ3) is 8.41. The molecule has 10 heteroatoms. The average Bonchev–Trinajstić information content (AvgIpc) is 2.83. The lowest BCUT2D eigenvalue weighted by molar-refractivity contribution is 0.00206. The molecule has 1 saturated heterocycles. The largest absolute Gasteiger partial charge is 0.497 e. The summed E-state index contributed by atoms with van der Waals surface area (Å²) in [4.78, 5) is 26.8. The fraction of sp³-hybridized carbons (Fsp3) is 0.565. The molecule has 0 N–H and O–H groups in total. The molecule has 1 aromatic heterocycles. The van der Waals surface area contributed by atoms with Crippen molar-refractivity contribution in [3.8, 4) is 5.75 Å². The molecule has 2 aromatic rings. The van der Waals surface area contributed by atoms with E-state index in [9.17, 15) is 9.59 Å². The van der Waals surface area contributed by atoms with Crippen LogP contribution in [-0.2, 0) is 23.7 Å². The molecular formula is C23H31NO9. The molecule has 1 aliphatic rings. The van der Waals surface area contributed by atoms with Crippen molar-refractivity contribution in [1.29, 1.82) is 0 Å². The fourth-order valence-electron chi connectivity index (χ4n) is 3.19. The molecule has 0 radical (unpaired) electrons. The molecular weight excluding hydrogens is 434 g/mol. The van der Waals surface area contributed by atoms with Crippen LogP contribution in [0, 0.1) is 0 Å². The van der Waals surface area contributed by atoms with E-state index in [1.165, 1.54) is 13.2 Å². The highest BCUT2D eigenvalue weighted by Gasteiger charge is 2.16. The van der Waals surface area contributed by atoms with Gasteiger partial charge in [0.15, 0.2) is 0 Å². The van der Waals surface area contributed by atoms with E-state index in [1.807, 2.05) is 0 Å². The highest BCUT2D eigenvalue weighted by Crippen LogP contribution is 2.20. The summed E-state index contributed by atoms with van der Waals surface area (Å²) in [7, 11) is 1.52. The van der Waals surface area contributed by atoms with E-state index in [2.05, 4.69) is 4.90 Å². The number of hydrogen-bond acceptors (Lipinski definition) is 10. The van der Waals surface area contributed by atoms with Crippen LogP contribution in [0.2, 0.25) is 0 Å². The van der Waals surface area contributed by atoms with Crippen molar-refractivity contribution in [2.24, 2.45) is 0 Å². The van der Waals surface area contributed by atoms with Crippen molar-refractivity contribution in [3.63, 3.8) is 0 Å². The minimum Gasteiger partial charge on any atom is -0.497 e. The Balaban J connectivity index is 1.51. The van der Waals surface area contributed by atoms with Crippen molar-refractivity contribution in [1.82, 2.24) is 4.90 Å². The molecule has 33 heavy (non-hydrogen) atoms. The number of carbonyl (C=O) groups excluding carboxylic acids is 1. The summed E-state index contributed by atoms with van der Waals surface area (Å²) in [5.41, 5.74) is -0.550. The maximum absolute atomic E-state index is 12.5. The summed E-state index contributed by atoms with van der Waals surface area (Å²) in [6.07, 6.45) is 0. The number of nitrogens with zero attached hydrogens (tertiary/aromatic N) is 1. The zero-order valence-corrected chi connectivity index (χ0v) is 18.9. The van der Waals surface area contributed by atoms with Gasteiger partial charge in [0.05, 0.1) is 60.0 Å². The lowest BCUT2D eigenvalue weighted by Crippen LogP contribution is -2.35. The van der Waals surface area contributed by atoms with E-state index in [1.54, 1.807) is 18.2 Å². The summed E-state index contributed by atoms with van der Waals surface area (Å²) in [6.45, 7) is 6.02. The monoisotopic (exact) mass is 465 g/mol. The number of ether oxygens (including phenoxy) is 6. The number of esters is 1. The Morgan fingerprint density at radius 2 is 1.52 bits per heavy atom. The number of fused-ring (bicyclic) bond motifs is 1. The van der Waals surface area contributed by atoms with Crippen molar-refractivity contribution in [3.05, 3.63) is 40.2 Å². The molecule has 0 saturated carbocycles. The Morgan fingerprint density at radius 1 is 0.909 bits per heavy atom. The first-order valence-electron chi connectivity index (χ1n) is 11.0. The van der Waals surface area contributed by atoms with Crippen LogP contribution in [0.3, 0.4) is 0 Å². The molecule has 0 bridgehead atoms. The van der Waals surface area contributed by atoms with Gasteiger partial charge in [0.25, 0.3) is 0 Å². The number of hydrogen-bond donors (Lipinski definition) is 0. The molecule has 0 atom stereocenters. The molecule has 2 heterocycles. The Morgan fingerprint density at radius 3 is 2.12 bits per heavy atom. The first-order valence-corrected chi connectivity index (χ1v) is 11.0. The summed E-state index contributed by atoms with van der Waals surface area (Å²) < 4.78 is 37.7. The molecule has 182 valence electrons. The van der Waals surface area contributed by atoms with Crippen LogP contribution >= 0.6 is 0 Å². The first kappa shape index (κ1) is 25.1. The summed E-state index contributed by atoms with van der Waals surface area (Å²) in [5, 5.41) is 0.607. The van der Waals surface area contributed by atoms with E-state index < -0.39 is 11.6 Å². The van der Waals surface area contributed by atoms with Crippen molar-refractivity contribution < 1.29 is 37.6 Å². The zero-order valence-electron chi connectivity index (χ0n) is 18.9. The highest BCUT2D eigenvalue weighted by atomic mass is 16.6. The van der Waals surface area contributed by atoms with Crippen molar-refractivity contribution in [2.75, 3.05) is 86.2 Å². The van der Waals surface area contributed by atoms with E-state index >= 15 is 0 Å². The molecule has 0 spiro atoms. The average molecular weight is 465 g/mol. The van der Waals surface area contributed by atoms with Gasteiger partial charge in [-0.15, -0.1) is 0 Å². The van der Waals surface area contributed by atoms with Gasteiger partial charge in [-0.25, -0.2) is 9.59 Å². The maximum atomic E-state index is 12.5. The Hall–Kier alpha value is -2.50. The first-order chi connectivity index (χ1) is 16.2. The van der Waals surface area contributed by atoms with E-state index in [0.717, 1.165) is 0 Å². The van der Waals surface area contributed by atoms with Gasteiger partial charge in [0.1, 0.15) is 23.5 Å².